The fraction of sp³-hybridized carbons (Fsp3) is 0.333. The summed E-state index contributed by atoms with van der Waals surface area (Å²) in [6, 6.07) is 40.9. The number of nitrogens with zero attached hydrogens (tertiary/aromatic N) is 1. The second-order valence-corrected chi connectivity index (χ2v) is 15.0. The van der Waals surface area contributed by atoms with Crippen molar-refractivity contribution in [1.82, 2.24) is 0 Å². The van der Waals surface area contributed by atoms with E-state index in [2.05, 4.69) is 135 Å². The Morgan fingerprint density at radius 2 is 1.10 bits per heavy atom. The zero-order chi connectivity index (χ0) is 33.9. The van der Waals surface area contributed by atoms with E-state index in [-0.39, 0.29) is 23.0 Å². The van der Waals surface area contributed by atoms with Gasteiger partial charge in [0.05, 0.1) is 26.4 Å². The van der Waals surface area contributed by atoms with E-state index in [1.807, 2.05) is 0 Å². The fourth-order valence-corrected chi connectivity index (χ4v) is 8.54. The van der Waals surface area contributed by atoms with Crippen molar-refractivity contribution in [2.24, 2.45) is 0 Å². The van der Waals surface area contributed by atoms with Crippen LogP contribution in [0.15, 0.2) is 109 Å². The summed E-state index contributed by atoms with van der Waals surface area (Å²) in [5, 5.41) is 0. The van der Waals surface area contributed by atoms with Crippen molar-refractivity contribution < 1.29 is 18.9 Å². The summed E-state index contributed by atoms with van der Waals surface area (Å²) in [7, 11) is 0. The normalized spacial score (nSPS) is 21.7. The van der Waals surface area contributed by atoms with Crippen molar-refractivity contribution in [3.05, 3.63) is 137 Å². The Hall–Kier alpha value is -4.26. The van der Waals surface area contributed by atoms with E-state index >= 15 is 0 Å². The first-order valence-corrected chi connectivity index (χ1v) is 18.2. The van der Waals surface area contributed by atoms with Gasteiger partial charge in [-0.2, -0.15) is 0 Å². The third-order valence-corrected chi connectivity index (χ3v) is 11.4. The van der Waals surface area contributed by atoms with Crippen molar-refractivity contribution in [1.29, 1.82) is 0 Å². The van der Waals surface area contributed by atoms with Crippen LogP contribution in [0.2, 0.25) is 0 Å². The Morgan fingerprint density at radius 1 is 0.580 bits per heavy atom. The predicted octanol–water partition coefficient (Wildman–Crippen LogP) is 9.65. The van der Waals surface area contributed by atoms with E-state index < -0.39 is 0 Å². The summed E-state index contributed by atoms with van der Waals surface area (Å²) in [4.78, 5) is 2.45. The van der Waals surface area contributed by atoms with Crippen LogP contribution in [0.25, 0.3) is 22.3 Å². The van der Waals surface area contributed by atoms with Gasteiger partial charge in [-0.1, -0.05) is 86.6 Å². The molecule has 254 valence electrons. The number of rotatable bonds is 13. The summed E-state index contributed by atoms with van der Waals surface area (Å²) in [5.41, 5.74) is 15.1. The molecule has 0 bridgehead atoms. The quantitative estimate of drug-likeness (QED) is 0.0928. The zero-order valence-electron chi connectivity index (χ0n) is 29.3. The van der Waals surface area contributed by atoms with Gasteiger partial charge in [-0.15, -0.1) is 0 Å². The molecule has 50 heavy (non-hydrogen) atoms. The molecule has 2 unspecified atom stereocenters. The number of ether oxygens (including phenoxy) is 4. The third kappa shape index (κ3) is 5.57. The van der Waals surface area contributed by atoms with Crippen LogP contribution in [0.5, 0.6) is 0 Å². The lowest BCUT2D eigenvalue weighted by Crippen LogP contribution is -2.30. The lowest BCUT2D eigenvalue weighted by atomic mass is 9.73. The highest BCUT2D eigenvalue weighted by Crippen LogP contribution is 2.55. The highest BCUT2D eigenvalue weighted by Gasteiger charge is 2.43. The standard InChI is InChI=1S/C45H45NO4/c1-30-9-8-10-31(23-30)46(32-15-17-38-36-11-4-6-13-40(36)44(2,3)42(38)24-32)33-16-18-39-37-12-5-7-14-41(37)45(43(39)25-33,19-21-47-26-34-28-49-34)20-22-48-27-35-29-50-35/h4-18,23-25,34-35H,19-22,26-29H2,1-3H3. The Morgan fingerprint density at radius 3 is 1.72 bits per heavy atom. The number of benzene rings is 5. The minimum Gasteiger partial charge on any atom is -0.379 e. The van der Waals surface area contributed by atoms with E-state index in [1.165, 1.54) is 50.1 Å². The molecule has 5 aromatic rings. The van der Waals surface area contributed by atoms with E-state index in [1.54, 1.807) is 0 Å². The predicted molar refractivity (Wildman–Crippen MR) is 200 cm³/mol. The monoisotopic (exact) mass is 663 g/mol. The molecule has 2 aliphatic heterocycles. The molecule has 0 amide bonds. The van der Waals surface area contributed by atoms with Crippen molar-refractivity contribution in [3.8, 4) is 22.3 Å². The number of hydrogen-bond acceptors (Lipinski definition) is 5. The molecule has 4 aliphatic rings. The van der Waals surface area contributed by atoms with Crippen molar-refractivity contribution in [2.45, 2.75) is 56.7 Å². The van der Waals surface area contributed by atoms with Crippen LogP contribution in [-0.2, 0) is 29.8 Å². The van der Waals surface area contributed by atoms with Crippen LogP contribution in [0.4, 0.5) is 17.1 Å². The van der Waals surface area contributed by atoms with Gasteiger partial charge in [-0.25, -0.2) is 0 Å². The molecule has 0 spiro atoms. The molecule has 5 nitrogen and oxygen atoms in total. The third-order valence-electron chi connectivity index (χ3n) is 11.4. The largest absolute Gasteiger partial charge is 0.379 e. The smallest absolute Gasteiger partial charge is 0.104 e. The van der Waals surface area contributed by atoms with Gasteiger partial charge in [-0.3, -0.25) is 0 Å². The highest BCUT2D eigenvalue weighted by molar-refractivity contribution is 5.88. The molecular weight excluding hydrogens is 618 g/mol. The van der Waals surface area contributed by atoms with Crippen LogP contribution >= 0.6 is 0 Å². The van der Waals surface area contributed by atoms with Gasteiger partial charge in [0.25, 0.3) is 0 Å². The maximum atomic E-state index is 6.25. The summed E-state index contributed by atoms with van der Waals surface area (Å²) < 4.78 is 23.4. The van der Waals surface area contributed by atoms with Gasteiger partial charge in [0.15, 0.2) is 0 Å². The first kappa shape index (κ1) is 31.7. The van der Waals surface area contributed by atoms with Gasteiger partial charge in [0.2, 0.25) is 0 Å². The Bertz CT molecular complexity index is 2040. The Labute approximate surface area is 295 Å². The van der Waals surface area contributed by atoms with Crippen molar-refractivity contribution >= 4 is 17.1 Å². The van der Waals surface area contributed by atoms with E-state index in [4.69, 9.17) is 18.9 Å². The van der Waals surface area contributed by atoms with Crippen LogP contribution in [0, 0.1) is 6.92 Å². The van der Waals surface area contributed by atoms with Gasteiger partial charge >= 0.3 is 0 Å². The molecule has 0 radical (unpaired) electrons. The molecule has 2 fully saturated rings. The molecule has 2 saturated heterocycles. The van der Waals surface area contributed by atoms with E-state index in [0.717, 1.165) is 43.1 Å². The van der Waals surface area contributed by atoms with Crippen LogP contribution in [0.1, 0.15) is 54.5 Å². The van der Waals surface area contributed by atoms with Crippen LogP contribution in [-0.4, -0.2) is 51.8 Å². The van der Waals surface area contributed by atoms with E-state index in [0.29, 0.717) is 26.4 Å². The average molecular weight is 664 g/mol. The highest BCUT2D eigenvalue weighted by atomic mass is 16.6. The number of epoxide rings is 2. The summed E-state index contributed by atoms with van der Waals surface area (Å²) >= 11 is 0. The van der Waals surface area contributed by atoms with Gasteiger partial charge < -0.3 is 23.8 Å². The second-order valence-electron chi connectivity index (χ2n) is 15.0. The number of hydrogen-bond donors (Lipinski definition) is 0. The summed E-state index contributed by atoms with van der Waals surface area (Å²) in [6.45, 7) is 11.1. The Balaban J connectivity index is 1.16. The molecule has 5 heteroatoms. The molecule has 2 heterocycles. The first-order valence-electron chi connectivity index (χ1n) is 18.2. The molecule has 2 aliphatic carbocycles. The average Bonchev–Trinajstić information content (AvgIpc) is 4.08. The van der Waals surface area contributed by atoms with Gasteiger partial charge in [0, 0.05) is 41.1 Å². The SMILES string of the molecule is Cc1cccc(N(c2ccc3c(c2)C(C)(C)c2ccccc2-3)c2ccc3c(c2)C(CCOCC2CO2)(CCOCC2CO2)c2ccccc2-3)c1. The van der Waals surface area contributed by atoms with Gasteiger partial charge in [-0.05, 0) is 106 Å². The maximum absolute atomic E-state index is 6.25. The molecule has 0 N–H and O–H groups in total. The topological polar surface area (TPSA) is 46.8 Å². The minimum atomic E-state index is -0.253. The Kier molecular flexibility index (Phi) is 7.93. The molecule has 5 aromatic carbocycles. The lowest BCUT2D eigenvalue weighted by molar-refractivity contribution is 0.0820. The minimum absolute atomic E-state index is 0.0913. The zero-order valence-corrected chi connectivity index (χ0v) is 29.3. The molecule has 2 atom stereocenters. The number of anilines is 3. The van der Waals surface area contributed by atoms with Gasteiger partial charge in [0.1, 0.15) is 12.2 Å². The van der Waals surface area contributed by atoms with Crippen LogP contribution in [0.3, 0.4) is 0 Å². The second kappa shape index (κ2) is 12.5. The summed E-state index contributed by atoms with van der Waals surface area (Å²) in [6.07, 6.45) is 2.23. The van der Waals surface area contributed by atoms with Crippen molar-refractivity contribution in [3.63, 3.8) is 0 Å². The lowest BCUT2D eigenvalue weighted by Gasteiger charge is -2.34. The summed E-state index contributed by atoms with van der Waals surface area (Å²) in [5.74, 6) is 0. The fourth-order valence-electron chi connectivity index (χ4n) is 8.54. The van der Waals surface area contributed by atoms with Crippen LogP contribution < -0.4 is 4.90 Å². The van der Waals surface area contributed by atoms with Crippen molar-refractivity contribution in [2.75, 3.05) is 44.5 Å². The molecular formula is C45H45NO4. The number of aryl methyl sites for hydroxylation is 1. The molecule has 9 rings (SSSR count). The molecule has 0 aromatic heterocycles. The molecule has 0 saturated carbocycles. The first-order chi connectivity index (χ1) is 24.4. The number of fused-ring (bicyclic) bond motifs is 6. The maximum Gasteiger partial charge on any atom is 0.104 e. The van der Waals surface area contributed by atoms with E-state index in [9.17, 15) is 0 Å².